The number of fused-ring (bicyclic) bond motifs is 2. The molecule has 0 saturated carbocycles. The Kier molecular flexibility index (Phi) is 5.53. The number of hydrogen-bond acceptors (Lipinski definition) is 5. The van der Waals surface area contributed by atoms with Crippen LogP contribution >= 0.6 is 22.9 Å². The number of pyridine rings is 2. The van der Waals surface area contributed by atoms with Gasteiger partial charge in [-0.1, -0.05) is 29.8 Å². The molecule has 0 aliphatic carbocycles. The summed E-state index contributed by atoms with van der Waals surface area (Å²) in [5.41, 5.74) is 1.57. The third-order valence-corrected chi connectivity index (χ3v) is 6.61. The Morgan fingerprint density at radius 2 is 1.88 bits per heavy atom. The third kappa shape index (κ3) is 3.91. The van der Waals surface area contributed by atoms with Crippen molar-refractivity contribution in [1.82, 2.24) is 14.5 Å². The maximum absolute atomic E-state index is 13.6. The number of aromatic nitrogens is 3. The van der Waals surface area contributed by atoms with Crippen molar-refractivity contribution in [1.29, 1.82) is 0 Å². The monoisotopic (exact) mass is 500 g/mol. The predicted molar refractivity (Wildman–Crippen MR) is 129 cm³/mol. The van der Waals surface area contributed by atoms with Gasteiger partial charge in [-0.2, -0.15) is 13.2 Å². The quantitative estimate of drug-likeness (QED) is 0.293. The molecule has 0 aliphatic heterocycles. The summed E-state index contributed by atoms with van der Waals surface area (Å²) in [6, 6.07) is 12.8. The minimum atomic E-state index is -4.55. The molecule has 5 rings (SSSR count). The fourth-order valence-electron chi connectivity index (χ4n) is 3.92. The molecule has 5 nitrogen and oxygen atoms in total. The van der Waals surface area contributed by atoms with Crippen LogP contribution in [0.3, 0.4) is 0 Å². The van der Waals surface area contributed by atoms with Gasteiger partial charge in [0.15, 0.2) is 5.82 Å². The molecule has 0 fully saturated rings. The van der Waals surface area contributed by atoms with Crippen molar-refractivity contribution in [3.8, 4) is 5.69 Å². The molecule has 3 aromatic heterocycles. The van der Waals surface area contributed by atoms with Crippen LogP contribution in [0.25, 0.3) is 26.7 Å². The molecule has 0 bridgehead atoms. The maximum atomic E-state index is 13.6. The van der Waals surface area contributed by atoms with Crippen LogP contribution in [-0.4, -0.2) is 14.5 Å². The highest BCUT2D eigenvalue weighted by Crippen LogP contribution is 2.33. The number of benzene rings is 2. The molecule has 0 spiro atoms. The Balaban J connectivity index is 1.73. The van der Waals surface area contributed by atoms with Crippen LogP contribution in [0.1, 0.15) is 24.2 Å². The summed E-state index contributed by atoms with van der Waals surface area (Å²) >= 11 is 7.78. The average molecular weight is 501 g/mol. The molecule has 0 unspecified atom stereocenters. The second kappa shape index (κ2) is 8.41. The van der Waals surface area contributed by atoms with Crippen molar-refractivity contribution in [3.05, 3.63) is 92.9 Å². The first-order valence-corrected chi connectivity index (χ1v) is 11.5. The van der Waals surface area contributed by atoms with Crippen LogP contribution in [0.15, 0.2) is 71.1 Å². The van der Waals surface area contributed by atoms with E-state index in [0.717, 1.165) is 16.8 Å². The van der Waals surface area contributed by atoms with Crippen LogP contribution in [0.5, 0.6) is 0 Å². The summed E-state index contributed by atoms with van der Waals surface area (Å²) < 4.78 is 42.5. The van der Waals surface area contributed by atoms with E-state index in [1.54, 1.807) is 36.0 Å². The Morgan fingerprint density at radius 1 is 1.09 bits per heavy atom. The van der Waals surface area contributed by atoms with E-state index >= 15 is 0 Å². The van der Waals surface area contributed by atoms with E-state index in [-0.39, 0.29) is 16.1 Å². The van der Waals surface area contributed by atoms with Gasteiger partial charge in [-0.3, -0.25) is 9.36 Å². The van der Waals surface area contributed by atoms with Crippen LogP contribution in [-0.2, 0) is 6.18 Å². The molecule has 10 heteroatoms. The molecule has 0 saturated heterocycles. The number of anilines is 1. The normalized spacial score (nSPS) is 12.9. The standard InChI is InChI=1S/C24H16ClF3N4OS/c1-13(31-22-21-19(8-9-29-22)34-12-30-21)18-10-14-4-2-7-17(25)20(14)23(33)32(18)16-6-3-5-15(11-16)24(26,27)28/h2-13H,1H3,(H,29,31)/t13-/m0/s1. The van der Waals surface area contributed by atoms with Crippen molar-refractivity contribution >= 4 is 49.7 Å². The summed E-state index contributed by atoms with van der Waals surface area (Å²) in [6.45, 7) is 1.81. The molecule has 1 N–H and O–H groups in total. The Labute approximate surface area is 200 Å². The summed E-state index contributed by atoms with van der Waals surface area (Å²) in [6.07, 6.45) is -2.90. The molecule has 1 atom stereocenters. The van der Waals surface area contributed by atoms with Crippen LogP contribution < -0.4 is 10.9 Å². The van der Waals surface area contributed by atoms with Gasteiger partial charge in [-0.05, 0) is 48.7 Å². The predicted octanol–water partition coefficient (Wildman–Crippen LogP) is 6.84. The Bertz CT molecular complexity index is 1600. The van der Waals surface area contributed by atoms with Gasteiger partial charge in [0, 0.05) is 17.6 Å². The molecule has 2 aromatic carbocycles. The van der Waals surface area contributed by atoms with E-state index in [1.165, 1.54) is 28.0 Å². The number of rotatable bonds is 4. The van der Waals surface area contributed by atoms with Gasteiger partial charge in [-0.25, -0.2) is 9.97 Å². The zero-order valence-electron chi connectivity index (χ0n) is 17.6. The van der Waals surface area contributed by atoms with Crippen molar-refractivity contribution in [2.45, 2.75) is 19.1 Å². The van der Waals surface area contributed by atoms with Crippen LogP contribution in [0.4, 0.5) is 19.0 Å². The smallest absolute Gasteiger partial charge is 0.360 e. The first kappa shape index (κ1) is 22.4. The summed E-state index contributed by atoms with van der Waals surface area (Å²) in [5, 5.41) is 4.31. The van der Waals surface area contributed by atoms with E-state index < -0.39 is 23.3 Å². The highest BCUT2D eigenvalue weighted by Gasteiger charge is 2.31. The van der Waals surface area contributed by atoms with Crippen molar-refractivity contribution in [2.75, 3.05) is 5.32 Å². The van der Waals surface area contributed by atoms with E-state index in [4.69, 9.17) is 11.6 Å². The number of thiazole rings is 1. The third-order valence-electron chi connectivity index (χ3n) is 5.50. The minimum absolute atomic E-state index is 0.0881. The van der Waals surface area contributed by atoms with Crippen LogP contribution in [0, 0.1) is 0 Å². The van der Waals surface area contributed by atoms with Gasteiger partial charge in [0.25, 0.3) is 5.56 Å². The van der Waals surface area contributed by atoms with Gasteiger partial charge in [0.05, 0.1) is 32.2 Å². The topological polar surface area (TPSA) is 59.8 Å². The van der Waals surface area contributed by atoms with Crippen molar-refractivity contribution in [3.63, 3.8) is 0 Å². The lowest BCUT2D eigenvalue weighted by atomic mass is 10.1. The number of nitrogens with one attached hydrogen (secondary N) is 1. The number of halogens is 4. The minimum Gasteiger partial charge on any atom is -0.360 e. The molecule has 3 heterocycles. The molecular formula is C24H16ClF3N4OS. The molecule has 5 aromatic rings. The van der Waals surface area contributed by atoms with E-state index in [0.29, 0.717) is 22.4 Å². The van der Waals surface area contributed by atoms with E-state index in [9.17, 15) is 18.0 Å². The van der Waals surface area contributed by atoms with Crippen molar-refractivity contribution < 1.29 is 13.2 Å². The molecule has 172 valence electrons. The molecule has 0 amide bonds. The Hall–Kier alpha value is -3.43. The van der Waals surface area contributed by atoms with E-state index in [1.807, 2.05) is 13.0 Å². The number of alkyl halides is 3. The summed E-state index contributed by atoms with van der Waals surface area (Å²) in [5.74, 6) is 0.514. The molecule has 34 heavy (non-hydrogen) atoms. The van der Waals surface area contributed by atoms with Gasteiger partial charge < -0.3 is 5.32 Å². The maximum Gasteiger partial charge on any atom is 0.416 e. The second-order valence-electron chi connectivity index (χ2n) is 7.69. The molecule has 0 radical (unpaired) electrons. The fourth-order valence-corrected chi connectivity index (χ4v) is 4.86. The largest absolute Gasteiger partial charge is 0.416 e. The van der Waals surface area contributed by atoms with Gasteiger partial charge >= 0.3 is 6.18 Å². The number of nitrogens with zero attached hydrogens (tertiary/aromatic N) is 3. The fraction of sp³-hybridized carbons (Fsp3) is 0.125. The summed E-state index contributed by atoms with van der Waals surface area (Å²) in [7, 11) is 0. The van der Waals surface area contributed by atoms with Gasteiger partial charge in [0.2, 0.25) is 0 Å². The average Bonchev–Trinajstić information content (AvgIpc) is 3.28. The highest BCUT2D eigenvalue weighted by molar-refractivity contribution is 7.16. The number of hydrogen-bond donors (Lipinski definition) is 1. The summed E-state index contributed by atoms with van der Waals surface area (Å²) in [4.78, 5) is 22.3. The van der Waals surface area contributed by atoms with Crippen molar-refractivity contribution in [2.24, 2.45) is 0 Å². The highest BCUT2D eigenvalue weighted by atomic mass is 35.5. The lowest BCUT2D eigenvalue weighted by molar-refractivity contribution is -0.137. The zero-order chi connectivity index (χ0) is 24.0. The first-order chi connectivity index (χ1) is 16.2. The van der Waals surface area contributed by atoms with Gasteiger partial charge in [0.1, 0.15) is 5.52 Å². The SMILES string of the molecule is C[C@H](Nc1nccc2scnc12)c1cc2cccc(Cl)c2c(=O)n1-c1cccc(C(F)(F)F)c1. The Morgan fingerprint density at radius 3 is 2.68 bits per heavy atom. The lowest BCUT2D eigenvalue weighted by Crippen LogP contribution is -2.26. The molecule has 0 aliphatic rings. The van der Waals surface area contributed by atoms with Gasteiger partial charge in [-0.15, -0.1) is 11.3 Å². The second-order valence-corrected chi connectivity index (χ2v) is 8.98. The van der Waals surface area contributed by atoms with Crippen LogP contribution in [0.2, 0.25) is 5.02 Å². The first-order valence-electron chi connectivity index (χ1n) is 10.2. The zero-order valence-corrected chi connectivity index (χ0v) is 19.2. The van der Waals surface area contributed by atoms with E-state index in [2.05, 4.69) is 15.3 Å². The molecular weight excluding hydrogens is 485 g/mol. The lowest BCUT2D eigenvalue weighted by Gasteiger charge is -2.22.